The monoisotopic (exact) mass is 211 g/mol. The SMILES string of the molecule is CCOC(=O)c1csc(C=CC=O)n1. The molecule has 1 aromatic rings. The summed E-state index contributed by atoms with van der Waals surface area (Å²) in [5, 5.41) is 2.21. The predicted octanol–water partition coefficient (Wildman–Crippen LogP) is 1.53. The molecule has 4 nitrogen and oxygen atoms in total. The summed E-state index contributed by atoms with van der Waals surface area (Å²) in [6.45, 7) is 2.06. The molecule has 0 fully saturated rings. The van der Waals surface area contributed by atoms with Crippen LogP contribution in [-0.4, -0.2) is 23.8 Å². The summed E-state index contributed by atoms with van der Waals surface area (Å²) in [6, 6.07) is 0. The van der Waals surface area contributed by atoms with E-state index in [0.717, 1.165) is 0 Å². The number of thiazole rings is 1. The Balaban J connectivity index is 2.72. The van der Waals surface area contributed by atoms with Gasteiger partial charge >= 0.3 is 5.97 Å². The Hall–Kier alpha value is -1.49. The summed E-state index contributed by atoms with van der Waals surface area (Å²) in [5.74, 6) is -0.436. The standard InChI is InChI=1S/C9H9NO3S/c1-2-13-9(12)7-6-14-8(10-7)4-3-5-11/h3-6H,2H2,1H3. The van der Waals surface area contributed by atoms with E-state index < -0.39 is 5.97 Å². The van der Waals surface area contributed by atoms with Crippen molar-refractivity contribution in [3.8, 4) is 0 Å². The van der Waals surface area contributed by atoms with E-state index in [2.05, 4.69) is 4.98 Å². The first kappa shape index (κ1) is 10.6. The molecular weight excluding hydrogens is 202 g/mol. The van der Waals surface area contributed by atoms with Gasteiger partial charge in [-0.1, -0.05) is 0 Å². The Morgan fingerprint density at radius 3 is 3.14 bits per heavy atom. The highest BCUT2D eigenvalue weighted by molar-refractivity contribution is 7.10. The number of carbonyl (C=O) groups is 2. The fourth-order valence-corrected chi connectivity index (χ4v) is 1.47. The van der Waals surface area contributed by atoms with Crippen LogP contribution in [0.3, 0.4) is 0 Å². The largest absolute Gasteiger partial charge is 0.461 e. The number of aldehydes is 1. The van der Waals surface area contributed by atoms with E-state index in [9.17, 15) is 9.59 Å². The van der Waals surface area contributed by atoms with Crippen LogP contribution in [0.5, 0.6) is 0 Å². The van der Waals surface area contributed by atoms with Gasteiger partial charge in [-0.15, -0.1) is 11.3 Å². The molecule has 1 heterocycles. The average Bonchev–Trinajstić information content (AvgIpc) is 2.63. The van der Waals surface area contributed by atoms with Gasteiger partial charge in [-0.2, -0.15) is 0 Å². The first-order valence-electron chi connectivity index (χ1n) is 4.02. The summed E-state index contributed by atoms with van der Waals surface area (Å²) >= 11 is 1.29. The van der Waals surface area contributed by atoms with Gasteiger partial charge in [-0.05, 0) is 19.1 Å². The Morgan fingerprint density at radius 2 is 2.50 bits per heavy atom. The fraction of sp³-hybridized carbons (Fsp3) is 0.222. The topological polar surface area (TPSA) is 56.3 Å². The van der Waals surface area contributed by atoms with Gasteiger partial charge in [0, 0.05) is 5.38 Å². The molecule has 0 aromatic carbocycles. The number of ether oxygens (including phenoxy) is 1. The minimum atomic E-state index is -0.436. The summed E-state index contributed by atoms with van der Waals surface area (Å²) in [5.41, 5.74) is 0.280. The molecule has 0 aliphatic rings. The van der Waals surface area contributed by atoms with E-state index in [-0.39, 0.29) is 5.69 Å². The summed E-state index contributed by atoms with van der Waals surface area (Å²) in [4.78, 5) is 25.1. The van der Waals surface area contributed by atoms with E-state index >= 15 is 0 Å². The molecule has 0 saturated heterocycles. The minimum Gasteiger partial charge on any atom is -0.461 e. The number of esters is 1. The van der Waals surface area contributed by atoms with Crippen molar-refractivity contribution in [2.75, 3.05) is 6.61 Å². The van der Waals surface area contributed by atoms with Gasteiger partial charge in [-0.25, -0.2) is 9.78 Å². The van der Waals surface area contributed by atoms with Gasteiger partial charge in [0.1, 0.15) is 11.3 Å². The number of carbonyl (C=O) groups excluding carboxylic acids is 2. The van der Waals surface area contributed by atoms with Crippen molar-refractivity contribution < 1.29 is 14.3 Å². The average molecular weight is 211 g/mol. The molecular formula is C9H9NO3S. The molecule has 0 aliphatic heterocycles. The van der Waals surface area contributed by atoms with Gasteiger partial charge in [0.2, 0.25) is 0 Å². The zero-order chi connectivity index (χ0) is 10.4. The van der Waals surface area contributed by atoms with Crippen LogP contribution in [0.1, 0.15) is 22.4 Å². The van der Waals surface area contributed by atoms with Crippen molar-refractivity contribution >= 4 is 29.7 Å². The molecule has 0 N–H and O–H groups in total. The maximum Gasteiger partial charge on any atom is 0.357 e. The molecule has 5 heteroatoms. The number of aromatic nitrogens is 1. The van der Waals surface area contributed by atoms with E-state index in [1.165, 1.54) is 17.4 Å². The van der Waals surface area contributed by atoms with Gasteiger partial charge in [0.05, 0.1) is 6.61 Å². The zero-order valence-corrected chi connectivity index (χ0v) is 8.41. The van der Waals surface area contributed by atoms with Gasteiger partial charge in [-0.3, -0.25) is 4.79 Å². The molecule has 0 aliphatic carbocycles. The van der Waals surface area contributed by atoms with Crippen LogP contribution in [0, 0.1) is 0 Å². The molecule has 0 spiro atoms. The maximum absolute atomic E-state index is 11.2. The molecule has 0 saturated carbocycles. The van der Waals surface area contributed by atoms with Crippen molar-refractivity contribution in [1.29, 1.82) is 0 Å². The van der Waals surface area contributed by atoms with Crippen LogP contribution in [0.2, 0.25) is 0 Å². The quantitative estimate of drug-likeness (QED) is 0.430. The highest BCUT2D eigenvalue weighted by Gasteiger charge is 2.09. The Bertz CT molecular complexity index is 357. The molecule has 0 amide bonds. The summed E-state index contributed by atoms with van der Waals surface area (Å²) in [7, 11) is 0. The number of allylic oxidation sites excluding steroid dienone is 1. The lowest BCUT2D eigenvalue weighted by Gasteiger charge is -1.95. The normalized spacial score (nSPS) is 10.4. The van der Waals surface area contributed by atoms with E-state index in [1.807, 2.05) is 0 Å². The lowest BCUT2D eigenvalue weighted by Crippen LogP contribution is -2.04. The molecule has 14 heavy (non-hydrogen) atoms. The predicted molar refractivity (Wildman–Crippen MR) is 53.2 cm³/mol. The first-order valence-corrected chi connectivity index (χ1v) is 4.90. The minimum absolute atomic E-state index is 0.280. The lowest BCUT2D eigenvalue weighted by atomic mass is 10.5. The lowest BCUT2D eigenvalue weighted by molar-refractivity contribution is -0.104. The van der Waals surface area contributed by atoms with Gasteiger partial charge in [0.25, 0.3) is 0 Å². The fourth-order valence-electron chi connectivity index (χ4n) is 0.785. The number of hydrogen-bond acceptors (Lipinski definition) is 5. The molecule has 1 aromatic heterocycles. The Morgan fingerprint density at radius 1 is 1.71 bits per heavy atom. The third-order valence-corrected chi connectivity index (χ3v) is 2.13. The number of rotatable bonds is 4. The summed E-state index contributed by atoms with van der Waals surface area (Å²) in [6.07, 6.45) is 3.53. The third kappa shape index (κ3) is 2.77. The van der Waals surface area contributed by atoms with Crippen LogP contribution in [-0.2, 0) is 9.53 Å². The smallest absolute Gasteiger partial charge is 0.357 e. The van der Waals surface area contributed by atoms with Crippen LogP contribution >= 0.6 is 11.3 Å². The van der Waals surface area contributed by atoms with E-state index in [4.69, 9.17) is 4.74 Å². The van der Waals surface area contributed by atoms with E-state index in [0.29, 0.717) is 17.9 Å². The molecule has 0 bridgehead atoms. The third-order valence-electron chi connectivity index (χ3n) is 1.32. The molecule has 0 unspecified atom stereocenters. The van der Waals surface area contributed by atoms with Crippen LogP contribution in [0.4, 0.5) is 0 Å². The molecule has 74 valence electrons. The van der Waals surface area contributed by atoms with Crippen LogP contribution in [0.25, 0.3) is 6.08 Å². The highest BCUT2D eigenvalue weighted by atomic mass is 32.1. The van der Waals surface area contributed by atoms with Crippen molar-refractivity contribution in [2.24, 2.45) is 0 Å². The second kappa shape index (κ2) is 5.29. The summed E-state index contributed by atoms with van der Waals surface area (Å²) < 4.78 is 4.76. The Kier molecular flexibility index (Phi) is 4.00. The number of hydrogen-bond donors (Lipinski definition) is 0. The van der Waals surface area contributed by atoms with Crippen molar-refractivity contribution in [3.63, 3.8) is 0 Å². The second-order valence-electron chi connectivity index (χ2n) is 2.29. The van der Waals surface area contributed by atoms with Crippen LogP contribution < -0.4 is 0 Å². The molecule has 1 rings (SSSR count). The first-order chi connectivity index (χ1) is 6.77. The van der Waals surface area contributed by atoms with Crippen molar-refractivity contribution in [3.05, 3.63) is 22.2 Å². The zero-order valence-electron chi connectivity index (χ0n) is 7.60. The van der Waals surface area contributed by atoms with Crippen LogP contribution in [0.15, 0.2) is 11.5 Å². The van der Waals surface area contributed by atoms with E-state index in [1.54, 1.807) is 18.4 Å². The number of nitrogens with zero attached hydrogens (tertiary/aromatic N) is 1. The van der Waals surface area contributed by atoms with Gasteiger partial charge < -0.3 is 4.74 Å². The Labute approximate surface area is 85.2 Å². The maximum atomic E-state index is 11.2. The molecule has 0 atom stereocenters. The van der Waals surface area contributed by atoms with Crippen molar-refractivity contribution in [2.45, 2.75) is 6.92 Å². The van der Waals surface area contributed by atoms with Crippen molar-refractivity contribution in [1.82, 2.24) is 4.98 Å². The molecule has 0 radical (unpaired) electrons. The second-order valence-corrected chi connectivity index (χ2v) is 3.18. The highest BCUT2D eigenvalue weighted by Crippen LogP contribution is 2.11. The van der Waals surface area contributed by atoms with Gasteiger partial charge in [0.15, 0.2) is 5.69 Å².